The van der Waals surface area contributed by atoms with Crippen molar-refractivity contribution in [3.63, 3.8) is 0 Å². The molecule has 0 spiro atoms. The molecule has 0 saturated carbocycles. The Morgan fingerprint density at radius 1 is 0.507 bits per heavy atom. The normalized spacial score (nSPS) is 13.9. The van der Waals surface area contributed by atoms with Gasteiger partial charge in [-0.2, -0.15) is 8.61 Å². The first-order valence-corrected chi connectivity index (χ1v) is 29.8. The second-order valence-electron chi connectivity index (χ2n) is 19.4. The maximum atomic E-state index is 14.5. The van der Waals surface area contributed by atoms with Crippen LogP contribution in [0.15, 0.2) is 122 Å². The van der Waals surface area contributed by atoms with Crippen molar-refractivity contribution in [1.82, 2.24) is 28.5 Å². The minimum absolute atomic E-state index is 0.0746. The number of methoxy groups -OCH3 is 4. The number of aliphatic hydroxyl groups is 1. The highest BCUT2D eigenvalue weighted by molar-refractivity contribution is 7.90. The summed E-state index contributed by atoms with van der Waals surface area (Å²) in [5, 5.41) is 8.54. The van der Waals surface area contributed by atoms with Gasteiger partial charge in [-0.3, -0.25) is 0 Å². The van der Waals surface area contributed by atoms with Crippen molar-refractivity contribution in [2.24, 2.45) is 0 Å². The van der Waals surface area contributed by atoms with Crippen LogP contribution in [0.4, 0.5) is 0 Å². The number of aliphatic hydroxyl groups excluding tert-OH is 1. The molecule has 73 heavy (non-hydrogen) atoms. The van der Waals surface area contributed by atoms with Crippen LogP contribution < -0.4 is 18.9 Å². The van der Waals surface area contributed by atoms with Crippen molar-refractivity contribution in [2.45, 2.75) is 115 Å². The SMILES string of the molecule is COc1ccc(CN(Cc2ccc(OC)cc2)S(=O)(=O)[C@@H](C)[C@H](O)c2ncc(C)cn2)cc1.COc1ccc(CN(Cc2ccc(OC)cc2)S(=O)(=O)[C@@H](C)[C@H](O[Si](C)(C)C(C)(C)C)c2ncc(C)cn2)cc1. The van der Waals surface area contributed by atoms with Crippen LogP contribution in [0.2, 0.25) is 18.1 Å². The van der Waals surface area contributed by atoms with E-state index in [2.05, 4.69) is 53.8 Å². The Balaban J connectivity index is 0.000000276. The smallest absolute Gasteiger partial charge is 0.220 e. The van der Waals surface area contributed by atoms with E-state index in [4.69, 9.17) is 23.4 Å². The molecule has 19 heteroatoms. The molecule has 0 amide bonds. The van der Waals surface area contributed by atoms with E-state index in [1.807, 2.05) is 86.6 Å². The molecule has 6 rings (SSSR count). The van der Waals surface area contributed by atoms with Crippen molar-refractivity contribution in [3.05, 3.63) is 167 Å². The molecule has 16 nitrogen and oxygen atoms in total. The fraction of sp³-hybridized carbons (Fsp3) is 0.407. The number of nitrogens with zero attached hydrogens (tertiary/aromatic N) is 6. The summed E-state index contributed by atoms with van der Waals surface area (Å²) in [6.45, 7) is 18.1. The fourth-order valence-electron chi connectivity index (χ4n) is 7.17. The maximum Gasteiger partial charge on any atom is 0.220 e. The van der Waals surface area contributed by atoms with Crippen LogP contribution in [0.5, 0.6) is 23.0 Å². The number of rotatable bonds is 22. The van der Waals surface area contributed by atoms with E-state index in [-0.39, 0.29) is 37.0 Å². The van der Waals surface area contributed by atoms with E-state index in [9.17, 15) is 21.9 Å². The zero-order valence-corrected chi connectivity index (χ0v) is 46.9. The largest absolute Gasteiger partial charge is 0.497 e. The second-order valence-corrected chi connectivity index (χ2v) is 28.7. The molecule has 1 N–H and O–H groups in total. The third-order valence-corrected chi connectivity index (χ3v) is 21.7. The third-order valence-electron chi connectivity index (χ3n) is 13.0. The molecule has 4 atom stereocenters. The van der Waals surface area contributed by atoms with Crippen LogP contribution in [-0.4, -0.2) is 97.7 Å². The van der Waals surface area contributed by atoms with Gasteiger partial charge in [0, 0.05) is 51.0 Å². The van der Waals surface area contributed by atoms with Gasteiger partial charge in [-0.1, -0.05) is 69.3 Å². The topological polar surface area (TPSA) is 193 Å². The Labute approximate surface area is 434 Å². The first kappa shape index (κ1) is 58.1. The highest BCUT2D eigenvalue weighted by Crippen LogP contribution is 2.41. The third kappa shape index (κ3) is 15.6. The predicted octanol–water partition coefficient (Wildman–Crippen LogP) is 9.54. The molecule has 0 saturated heterocycles. The number of benzene rings is 4. The molecule has 2 aromatic heterocycles. The maximum absolute atomic E-state index is 14.5. The molecule has 0 aliphatic heterocycles. The van der Waals surface area contributed by atoms with Gasteiger partial charge >= 0.3 is 0 Å². The van der Waals surface area contributed by atoms with Gasteiger partial charge < -0.3 is 28.5 Å². The lowest BCUT2D eigenvalue weighted by atomic mass is 10.2. The van der Waals surface area contributed by atoms with Gasteiger partial charge in [-0.25, -0.2) is 36.8 Å². The Kier molecular flexibility index (Phi) is 20.2. The van der Waals surface area contributed by atoms with Crippen LogP contribution >= 0.6 is 0 Å². The first-order chi connectivity index (χ1) is 34.4. The summed E-state index contributed by atoms with van der Waals surface area (Å²) in [6, 6.07) is 29.3. The minimum atomic E-state index is -3.95. The van der Waals surface area contributed by atoms with Crippen molar-refractivity contribution in [1.29, 1.82) is 0 Å². The van der Waals surface area contributed by atoms with Crippen molar-refractivity contribution in [3.8, 4) is 23.0 Å². The Bertz CT molecular complexity index is 2770. The summed E-state index contributed by atoms with van der Waals surface area (Å²) in [5.74, 6) is 3.24. The zero-order valence-electron chi connectivity index (χ0n) is 44.3. The molecule has 4 aromatic carbocycles. The lowest BCUT2D eigenvalue weighted by molar-refractivity contribution is 0.162. The van der Waals surface area contributed by atoms with E-state index >= 15 is 0 Å². The molecule has 394 valence electrons. The van der Waals surface area contributed by atoms with Gasteiger partial charge in [0.1, 0.15) is 45.7 Å². The number of hydrogen-bond acceptors (Lipinski definition) is 14. The highest BCUT2D eigenvalue weighted by atomic mass is 32.2. The molecule has 0 fully saturated rings. The standard InChI is InChI=1S/C30H43N3O5SSi.C24H29N3O5S/c1-22-18-31-29(32-19-22)28(38-40(8,9)30(3,4)5)23(2)39(34,35)33(20-24-10-14-26(36-6)15-11-24)21-25-12-16-27(37-7)17-13-25;1-17-13-25-24(26-14-17)23(28)18(2)33(29,30)27(15-19-5-9-21(31-3)10-6-19)16-20-7-11-22(32-4)12-8-20/h10-19,23,28H,20-21H2,1-9H3;5-14,18,23,28H,15-16H2,1-4H3/t23-,28-;18-,23-/m00/s1. The lowest BCUT2D eigenvalue weighted by Crippen LogP contribution is -2.47. The minimum Gasteiger partial charge on any atom is -0.497 e. The van der Waals surface area contributed by atoms with Crippen LogP contribution in [0, 0.1) is 13.8 Å². The van der Waals surface area contributed by atoms with Gasteiger partial charge in [0.15, 0.2) is 20.0 Å². The Morgan fingerprint density at radius 3 is 1.05 bits per heavy atom. The number of aromatic nitrogens is 4. The number of ether oxygens (including phenoxy) is 4. The number of hydrogen-bond donors (Lipinski definition) is 1. The second kappa shape index (κ2) is 25.4. The molecule has 0 aliphatic carbocycles. The molecule has 0 aliphatic rings. The summed E-state index contributed by atoms with van der Waals surface area (Å²) in [6.07, 6.45) is 4.31. The van der Waals surface area contributed by atoms with E-state index in [0.717, 1.165) is 33.4 Å². The molecule has 0 radical (unpaired) electrons. The summed E-state index contributed by atoms with van der Waals surface area (Å²) >= 11 is 0. The quantitative estimate of drug-likeness (QED) is 0.0632. The lowest BCUT2D eigenvalue weighted by Gasteiger charge is -2.40. The van der Waals surface area contributed by atoms with Crippen molar-refractivity contribution >= 4 is 28.4 Å². The van der Waals surface area contributed by atoms with Crippen molar-refractivity contribution < 1.29 is 45.3 Å². The molecular formula is C54H72N6O10S2Si. The van der Waals surface area contributed by atoms with Gasteiger partial charge in [-0.15, -0.1) is 0 Å². The molecule has 2 heterocycles. The van der Waals surface area contributed by atoms with E-state index < -0.39 is 51.1 Å². The molecule has 0 bridgehead atoms. The number of sulfonamides is 2. The first-order valence-electron chi connectivity index (χ1n) is 23.8. The Hall–Kier alpha value is -5.80. The van der Waals surface area contributed by atoms with Crippen LogP contribution in [-0.2, 0) is 50.7 Å². The predicted molar refractivity (Wildman–Crippen MR) is 287 cm³/mol. The van der Waals surface area contributed by atoms with E-state index in [1.54, 1.807) is 84.4 Å². The fourth-order valence-corrected chi connectivity index (χ4v) is 11.8. The van der Waals surface area contributed by atoms with E-state index in [1.165, 1.54) is 15.5 Å². The van der Waals surface area contributed by atoms with E-state index in [0.29, 0.717) is 28.8 Å². The van der Waals surface area contributed by atoms with Gasteiger partial charge in [0.05, 0.1) is 28.4 Å². The van der Waals surface area contributed by atoms with Crippen LogP contribution in [0.3, 0.4) is 0 Å². The van der Waals surface area contributed by atoms with Gasteiger partial charge in [-0.05, 0) is 128 Å². The average molecular weight is 1060 g/mol. The van der Waals surface area contributed by atoms with Crippen LogP contribution in [0.25, 0.3) is 0 Å². The van der Waals surface area contributed by atoms with Gasteiger partial charge in [0.2, 0.25) is 20.0 Å². The zero-order chi connectivity index (χ0) is 53.7. The highest BCUT2D eigenvalue weighted by Gasteiger charge is 2.45. The molecule has 0 unspecified atom stereocenters. The molecule has 6 aromatic rings. The van der Waals surface area contributed by atoms with Gasteiger partial charge in [0.25, 0.3) is 0 Å². The summed E-state index contributed by atoms with van der Waals surface area (Å²) in [5.41, 5.74) is 4.99. The Morgan fingerprint density at radius 2 is 0.781 bits per heavy atom. The molecular weight excluding hydrogens is 985 g/mol. The average Bonchev–Trinajstić information content (AvgIpc) is 3.38. The van der Waals surface area contributed by atoms with Crippen molar-refractivity contribution in [2.75, 3.05) is 28.4 Å². The summed E-state index contributed by atoms with van der Waals surface area (Å²) in [4.78, 5) is 17.3. The summed E-state index contributed by atoms with van der Waals surface area (Å²) in [7, 11) is -3.90. The number of aryl methyl sites for hydroxylation is 2. The van der Waals surface area contributed by atoms with Crippen LogP contribution in [0.1, 0.15) is 91.9 Å². The summed E-state index contributed by atoms with van der Waals surface area (Å²) < 4.78 is 86.8. The monoisotopic (exact) mass is 1060 g/mol.